The van der Waals surface area contributed by atoms with Crippen LogP contribution in [0.2, 0.25) is 20.1 Å². The number of hydrogen-bond donors (Lipinski definition) is 2. The lowest BCUT2D eigenvalue weighted by molar-refractivity contribution is -0.133. The minimum absolute atomic E-state index is 0.0288. The van der Waals surface area contributed by atoms with Gasteiger partial charge in [-0.3, -0.25) is 33.5 Å². The van der Waals surface area contributed by atoms with Crippen molar-refractivity contribution in [3.63, 3.8) is 0 Å². The normalized spacial score (nSPS) is 16.3. The second kappa shape index (κ2) is 38.4. The van der Waals surface area contributed by atoms with Gasteiger partial charge in [-0.1, -0.05) is 158 Å². The van der Waals surface area contributed by atoms with Gasteiger partial charge in [-0.05, 0) is 150 Å². The van der Waals surface area contributed by atoms with Gasteiger partial charge in [0, 0.05) is 122 Å². The highest BCUT2D eigenvalue weighted by Gasteiger charge is 2.35. The number of amides is 2. The molecule has 0 radical (unpaired) electrons. The van der Waals surface area contributed by atoms with Crippen LogP contribution in [0, 0.1) is 27.7 Å². The Balaban J connectivity index is 0.566. The third-order valence-corrected chi connectivity index (χ3v) is 21.3. The Morgan fingerprint density at radius 1 is 0.639 bits per heavy atom. The summed E-state index contributed by atoms with van der Waals surface area (Å²) in [6.45, 7) is 15.8. The molecule has 3 aliphatic heterocycles. The van der Waals surface area contributed by atoms with Gasteiger partial charge in [-0.25, -0.2) is 0 Å². The fraction of sp³-hybridized carbons (Fsp3) is 0.481. The van der Waals surface area contributed by atoms with Crippen molar-refractivity contribution in [2.75, 3.05) is 78.7 Å². The number of piperidine rings is 1. The average Bonchev–Trinajstić information content (AvgIpc) is 1.61. The van der Waals surface area contributed by atoms with E-state index in [1.54, 1.807) is 46.6 Å². The summed E-state index contributed by atoms with van der Waals surface area (Å²) in [5.74, 6) is 1.82. The number of carbonyl (C=O) groups is 5. The summed E-state index contributed by atoms with van der Waals surface area (Å²) in [7, 11) is 0. The highest BCUT2D eigenvalue weighted by molar-refractivity contribution is 7.15. The molecule has 15 nitrogen and oxygen atoms in total. The van der Waals surface area contributed by atoms with E-state index in [-0.39, 0.29) is 42.9 Å². The minimum atomic E-state index is -0.599. The van der Waals surface area contributed by atoms with E-state index in [1.807, 2.05) is 86.7 Å². The zero-order valence-electron chi connectivity index (χ0n) is 56.9. The number of benzene rings is 4. The predicted molar refractivity (Wildman–Crippen MR) is 395 cm³/mol. The molecule has 2 atom stereocenters. The number of aryl methyl sites for hydroxylation is 3. The molecule has 0 aliphatic carbocycles. The highest BCUT2D eigenvalue weighted by atomic mass is 35.5. The van der Waals surface area contributed by atoms with Gasteiger partial charge >= 0.3 is 0 Å². The first-order valence-corrected chi connectivity index (χ1v) is 37.2. The van der Waals surface area contributed by atoms with E-state index in [4.69, 9.17) is 56.1 Å². The monoisotopic (exact) mass is 1410 g/mol. The van der Waals surface area contributed by atoms with E-state index in [0.29, 0.717) is 107 Å². The van der Waals surface area contributed by atoms with Crippen LogP contribution >= 0.6 is 57.7 Å². The van der Waals surface area contributed by atoms with Gasteiger partial charge in [0.1, 0.15) is 28.4 Å². The molecule has 9 rings (SSSR count). The van der Waals surface area contributed by atoms with Crippen LogP contribution in [-0.4, -0.2) is 149 Å². The zero-order valence-corrected chi connectivity index (χ0v) is 60.7. The van der Waals surface area contributed by atoms with Crippen molar-refractivity contribution in [3.05, 3.63) is 178 Å². The molecule has 0 unspecified atom stereocenters. The number of aliphatic imine (C=N–C) groups is 1. The lowest BCUT2D eigenvalue weighted by Gasteiger charge is -2.34. The number of carbonyl (C=O) groups excluding carboxylic acids is 5. The molecule has 3 aliphatic rings. The van der Waals surface area contributed by atoms with E-state index in [1.165, 1.54) is 42.5 Å². The Morgan fingerprint density at radius 3 is 1.88 bits per heavy atom. The van der Waals surface area contributed by atoms with Gasteiger partial charge in [0.05, 0.1) is 35.0 Å². The molecule has 2 fully saturated rings. The van der Waals surface area contributed by atoms with Gasteiger partial charge < -0.3 is 30.1 Å². The molecule has 2 aromatic heterocycles. The number of Topliss-reactive ketones (excluding diaryl/α,β-unsaturated/α-hetero) is 3. The molecule has 518 valence electrons. The smallest absolute Gasteiger partial charge is 0.240 e. The quantitative estimate of drug-likeness (QED) is 0.0281. The number of nitrogens with one attached hydrogen (secondary N) is 2. The second-order valence-electron chi connectivity index (χ2n) is 26.2. The van der Waals surface area contributed by atoms with E-state index < -0.39 is 12.1 Å². The van der Waals surface area contributed by atoms with E-state index in [9.17, 15) is 24.0 Å². The molecule has 97 heavy (non-hydrogen) atoms. The van der Waals surface area contributed by atoms with E-state index in [2.05, 4.69) is 49.0 Å². The largest absolute Gasteiger partial charge is 0.378 e. The number of piperazine rings is 1. The zero-order chi connectivity index (χ0) is 68.6. The Hall–Kier alpha value is -6.18. The van der Waals surface area contributed by atoms with Crippen LogP contribution in [0.4, 0.5) is 0 Å². The number of hydrogen-bond acceptors (Lipinski definition) is 13. The van der Waals surface area contributed by atoms with Crippen LogP contribution in [0.15, 0.2) is 107 Å². The molecule has 2 amide bonds. The highest BCUT2D eigenvalue weighted by Crippen LogP contribution is 2.40. The Kier molecular flexibility index (Phi) is 29.7. The van der Waals surface area contributed by atoms with Crippen molar-refractivity contribution in [3.8, 4) is 5.00 Å². The topological polar surface area (TPSA) is 171 Å². The first-order chi connectivity index (χ1) is 47.0. The molecule has 0 saturated carbocycles. The minimum Gasteiger partial charge on any atom is -0.378 e. The average molecular weight is 1420 g/mol. The molecule has 5 heterocycles. The van der Waals surface area contributed by atoms with Gasteiger partial charge in [0.15, 0.2) is 11.6 Å². The summed E-state index contributed by atoms with van der Waals surface area (Å²) in [6.07, 6.45) is 20.5. The number of thiophene rings is 1. The summed E-state index contributed by atoms with van der Waals surface area (Å²) in [4.78, 5) is 80.8. The first kappa shape index (κ1) is 75.0. The Morgan fingerprint density at radius 2 is 1.23 bits per heavy atom. The summed E-state index contributed by atoms with van der Waals surface area (Å²) in [6, 6.07) is 27.4. The molecular weight excluding hydrogens is 1320 g/mol. The van der Waals surface area contributed by atoms with Gasteiger partial charge in [-0.15, -0.1) is 21.5 Å². The third kappa shape index (κ3) is 22.7. The summed E-state index contributed by atoms with van der Waals surface area (Å²) in [5, 5.41) is 18.6. The SMILES string of the molecule is Cc1cc(/C=C2\CN(C(=O)[C@H](Cc3ccccc3)NCCOCCNC(=O)CCCCCCCCCCCCC(=O)CCCCN3CCN(CCCC(=O)C[C@@H]4N=C(c5ccc(Cl)cc5)c5c(sc(C)c5C)-n5c(C)nnc54)CC3)C/C(=C\c3ccc(Cl)c(Cl)c3)C2=O)ccc1Cl. The molecule has 20 heteroatoms. The molecule has 0 bridgehead atoms. The maximum Gasteiger partial charge on any atom is 0.240 e. The van der Waals surface area contributed by atoms with Crippen molar-refractivity contribution in [2.45, 2.75) is 162 Å². The second-order valence-corrected chi connectivity index (χ2v) is 29.0. The number of likely N-dealkylation sites (tertiary alicyclic amines) is 1. The number of fused-ring (bicyclic) bond motifs is 3. The summed E-state index contributed by atoms with van der Waals surface area (Å²) >= 11 is 26.9. The first-order valence-electron chi connectivity index (χ1n) is 34.9. The van der Waals surface area contributed by atoms with Crippen molar-refractivity contribution in [1.82, 2.24) is 40.1 Å². The van der Waals surface area contributed by atoms with Crippen molar-refractivity contribution < 1.29 is 28.7 Å². The summed E-state index contributed by atoms with van der Waals surface area (Å²) in [5.41, 5.74) is 8.40. The maximum absolute atomic E-state index is 14.6. The van der Waals surface area contributed by atoms with Crippen LogP contribution < -0.4 is 10.6 Å². The van der Waals surface area contributed by atoms with Crippen molar-refractivity contribution in [1.29, 1.82) is 0 Å². The van der Waals surface area contributed by atoms with E-state index >= 15 is 0 Å². The van der Waals surface area contributed by atoms with Crippen LogP contribution in [0.1, 0.15) is 177 Å². The number of aromatic nitrogens is 3. The number of rotatable bonds is 37. The fourth-order valence-electron chi connectivity index (χ4n) is 13.0. The fourth-order valence-corrected chi connectivity index (χ4v) is 14.8. The number of ketones is 3. The van der Waals surface area contributed by atoms with Crippen molar-refractivity contribution >= 4 is 105 Å². The lowest BCUT2D eigenvalue weighted by Crippen LogP contribution is -2.52. The lowest BCUT2D eigenvalue weighted by atomic mass is 9.93. The number of ether oxygens (including phenoxy) is 1. The molecule has 2 saturated heterocycles. The Bertz CT molecular complexity index is 3660. The maximum atomic E-state index is 14.6. The van der Waals surface area contributed by atoms with Gasteiger partial charge in [0.2, 0.25) is 11.8 Å². The molecular formula is C77H95Cl4N9O6S. The van der Waals surface area contributed by atoms with E-state index in [0.717, 1.165) is 135 Å². The van der Waals surface area contributed by atoms with Crippen LogP contribution in [0.5, 0.6) is 0 Å². The molecule has 4 aromatic carbocycles. The van der Waals surface area contributed by atoms with Crippen LogP contribution in [-0.2, 0) is 35.1 Å². The van der Waals surface area contributed by atoms with Crippen LogP contribution in [0.25, 0.3) is 17.2 Å². The molecule has 2 N–H and O–H groups in total. The third-order valence-electron chi connectivity index (χ3n) is 18.7. The molecule has 0 spiro atoms. The Labute approximate surface area is 597 Å². The molecule has 6 aromatic rings. The summed E-state index contributed by atoms with van der Waals surface area (Å²) < 4.78 is 8.01. The number of halogens is 4. The van der Waals surface area contributed by atoms with Gasteiger partial charge in [0.25, 0.3) is 0 Å². The number of nitrogens with zero attached hydrogens (tertiary/aromatic N) is 7. The van der Waals surface area contributed by atoms with Crippen LogP contribution in [0.3, 0.4) is 0 Å². The number of unbranched alkanes of at least 4 members (excludes halogenated alkanes) is 10. The standard InChI is InChI=1S/C77H95Cl4N9O6S/c1-53-45-58(27-33-66(53)79)46-61-51-89(52-62(74(61)94)47-59-28-34-67(80)68(81)48-59)76(95)70(49-57-21-14-13-15-22-57)82-35-43-96-44-36-83-71(93)26-17-12-10-8-6-5-7-9-11-16-23-64(91)24-18-19-37-87-39-41-88(42-40-87)38-20-25-65(92)50-69-75-86-85-56(4)90(75)77-72(54(2)55(3)97-77)73(84-69)60-29-31-63(78)32-30-60/h13-15,21-22,27-34,45-48,69-70,82H,5-12,16-20,23-26,35-44,49-52H2,1-4H3,(H,83,93)/b61-46+,62-47+/t69-,70-/m0/s1. The van der Waals surface area contributed by atoms with Crippen molar-refractivity contribution in [2.24, 2.45) is 4.99 Å². The predicted octanol–water partition coefficient (Wildman–Crippen LogP) is 15.8. The van der Waals surface area contributed by atoms with Gasteiger partial charge in [-0.2, -0.15) is 0 Å².